The molecule has 0 spiro atoms. The number of carbonyl (C=O) groups is 5. The zero-order valence-electron chi connectivity index (χ0n) is 53.4. The van der Waals surface area contributed by atoms with Crippen LogP contribution in [0.25, 0.3) is 0 Å². The normalized spacial score (nSPS) is 10.5. The topological polar surface area (TPSA) is 168 Å². The molecular formula is C81H77BN4O8. The van der Waals surface area contributed by atoms with Gasteiger partial charge in [0.25, 0.3) is 5.91 Å². The number of hydrogen-bond acceptors (Lipinski definition) is 8. The number of rotatable bonds is 25. The molecule has 0 aliphatic carbocycles. The molecule has 0 saturated heterocycles. The molecule has 0 fully saturated rings. The molecule has 472 valence electrons. The molecule has 11 aromatic rings. The van der Waals surface area contributed by atoms with Gasteiger partial charge >= 0.3 is 17.9 Å². The van der Waals surface area contributed by atoms with Crippen molar-refractivity contribution in [3.8, 4) is 0 Å². The zero-order chi connectivity index (χ0) is 67.2. The Kier molecular flexibility index (Phi) is 28.2. The third kappa shape index (κ3) is 25.0. The molecule has 12 nitrogen and oxygen atoms in total. The summed E-state index contributed by atoms with van der Waals surface area (Å²) in [6, 6.07) is 101. The Bertz CT molecular complexity index is 3730. The molecule has 1 amide bonds. The van der Waals surface area contributed by atoms with Crippen molar-refractivity contribution in [3.05, 3.63) is 393 Å². The van der Waals surface area contributed by atoms with Crippen molar-refractivity contribution in [1.82, 2.24) is 20.0 Å². The third-order valence-corrected chi connectivity index (χ3v) is 14.9. The van der Waals surface area contributed by atoms with Gasteiger partial charge in [-0.1, -0.05) is 261 Å². The lowest BCUT2D eigenvalue weighted by Gasteiger charge is -2.23. The van der Waals surface area contributed by atoms with Crippen molar-refractivity contribution < 1.29 is 39.3 Å². The van der Waals surface area contributed by atoms with Crippen LogP contribution in [-0.4, -0.2) is 69.8 Å². The highest BCUT2D eigenvalue weighted by molar-refractivity contribution is 5.94. The average Bonchev–Trinajstić information content (AvgIpc) is 1.48. The van der Waals surface area contributed by atoms with Gasteiger partial charge in [-0.2, -0.15) is 0 Å². The molecule has 0 heterocycles. The molecule has 11 rings (SSSR count). The van der Waals surface area contributed by atoms with Crippen molar-refractivity contribution in [2.24, 2.45) is 0 Å². The smallest absolute Gasteiger partial charge is 0.335 e. The summed E-state index contributed by atoms with van der Waals surface area (Å²) in [7, 11) is 3.75. The van der Waals surface area contributed by atoms with Gasteiger partial charge in [-0.3, -0.25) is 24.3 Å². The second kappa shape index (κ2) is 38.6. The van der Waals surface area contributed by atoms with Crippen molar-refractivity contribution in [1.29, 1.82) is 1.34 Å². The molecule has 0 unspecified atom stereocenters. The van der Waals surface area contributed by atoms with E-state index in [1.165, 1.54) is 63.2 Å². The lowest BCUT2D eigenvalue weighted by atomic mass is 10.1. The Morgan fingerprint density at radius 3 is 0.691 bits per heavy atom. The summed E-state index contributed by atoms with van der Waals surface area (Å²) in [5.74, 6) is -2.82. The number of carboxylic acid groups (broad SMARTS) is 3. The number of nitrogens with zero attached hydrogens (tertiary/aromatic N) is 3. The van der Waals surface area contributed by atoms with Crippen LogP contribution in [0.15, 0.2) is 309 Å². The highest BCUT2D eigenvalue weighted by atomic mass is 16.4. The lowest BCUT2D eigenvalue weighted by molar-refractivity contribution is 0.0686. The summed E-state index contributed by atoms with van der Waals surface area (Å²) >= 11 is 0. The second-order valence-electron chi connectivity index (χ2n) is 22.3. The Balaban J connectivity index is 0.000000185. The summed E-state index contributed by atoms with van der Waals surface area (Å²) < 4.78 is 5.25. The summed E-state index contributed by atoms with van der Waals surface area (Å²) in [4.78, 5) is 62.1. The Hall–Kier alpha value is -11.1. The van der Waals surface area contributed by atoms with E-state index in [4.69, 9.17) is 16.7 Å². The van der Waals surface area contributed by atoms with Crippen LogP contribution in [0, 0.1) is 0 Å². The van der Waals surface area contributed by atoms with Crippen molar-refractivity contribution >= 4 is 38.5 Å². The first kappa shape index (κ1) is 68.8. The quantitative estimate of drug-likeness (QED) is 0.0318. The number of aromatic carboxylic acids is 3. The first-order valence-electron chi connectivity index (χ1n) is 31.2. The second-order valence-corrected chi connectivity index (χ2v) is 22.3. The molecule has 0 saturated carbocycles. The first-order valence-corrected chi connectivity index (χ1v) is 30.7. The van der Waals surface area contributed by atoms with Gasteiger partial charge in [-0.25, -0.2) is 14.4 Å². The predicted molar refractivity (Wildman–Crippen MR) is 374 cm³/mol. The number of hydrogen-bond donors (Lipinski definition) is 4. The van der Waals surface area contributed by atoms with E-state index in [-0.39, 0.29) is 11.5 Å². The van der Waals surface area contributed by atoms with Crippen LogP contribution in [0.4, 0.5) is 0 Å². The number of nitrogens with one attached hydrogen (secondary N) is 1. The van der Waals surface area contributed by atoms with Gasteiger partial charge in [0.1, 0.15) is 6.29 Å². The van der Waals surface area contributed by atoms with E-state index in [2.05, 4.69) is 186 Å². The molecular weight excluding hydrogens is 1170 g/mol. The number of benzene rings is 11. The van der Waals surface area contributed by atoms with E-state index in [0.717, 1.165) is 75.6 Å². The van der Waals surface area contributed by atoms with Gasteiger partial charge in [0.05, 0.1) is 16.7 Å². The maximum absolute atomic E-state index is 12.5. The maximum Gasteiger partial charge on any atom is 0.335 e. The van der Waals surface area contributed by atoms with Crippen LogP contribution in [0.5, 0.6) is 0 Å². The monoisotopic (exact) mass is 1250 g/mol. The van der Waals surface area contributed by atoms with Gasteiger partial charge < -0.3 is 20.6 Å². The largest absolute Gasteiger partial charge is 0.478 e. The Labute approximate surface area is 554 Å². The fraction of sp³-hybridized carbons (Fsp3) is 0.123. The standard InChI is InChI=1S/C29H28N2O.2C22H21NO2.C8H6O3.BH/c32-29(30-20-24-10-4-1-5-11-24)28-18-16-27(17-19-28)23-31(21-25-12-6-2-7-13-25)22-26-14-8-3-9-15-26;2*24-22(25)21-13-11-20(12-14-21)17-23(15-18-7-3-1-4-8-18)16-19-9-5-2-6-10-19;9-5-6-1-3-7(4-2-6)8(10)11;/h1-19H,20-23H2,(H,30,32);2*1-14H,15-17H2,(H,24,25);1-5H,(H,10,11);1H/i;;;;1T. The van der Waals surface area contributed by atoms with Gasteiger partial charge in [-0.05, 0) is 106 Å². The van der Waals surface area contributed by atoms with Crippen molar-refractivity contribution in [3.63, 3.8) is 0 Å². The van der Waals surface area contributed by atoms with E-state index >= 15 is 0 Å². The van der Waals surface area contributed by atoms with Crippen molar-refractivity contribution in [2.75, 3.05) is 0 Å². The highest BCUT2D eigenvalue weighted by Gasteiger charge is 2.14. The molecule has 0 aliphatic rings. The molecule has 0 bridgehead atoms. The van der Waals surface area contributed by atoms with Gasteiger partial charge in [0, 0.05) is 85.0 Å². The predicted octanol–water partition coefficient (Wildman–Crippen LogP) is 15.5. The van der Waals surface area contributed by atoms with Crippen LogP contribution in [0.1, 0.15) is 107 Å². The first-order chi connectivity index (χ1) is 46.4. The number of carboxylic acids is 3. The van der Waals surface area contributed by atoms with E-state index in [9.17, 15) is 24.0 Å². The highest BCUT2D eigenvalue weighted by Crippen LogP contribution is 2.19. The molecule has 2 radical (unpaired) electrons. The maximum atomic E-state index is 12.5. The Morgan fingerprint density at radius 2 is 0.479 bits per heavy atom. The Morgan fingerprint density at radius 1 is 0.287 bits per heavy atom. The van der Waals surface area contributed by atoms with Crippen LogP contribution in [0.3, 0.4) is 0 Å². The van der Waals surface area contributed by atoms with Gasteiger partial charge in [0.15, 0.2) is 0 Å². The van der Waals surface area contributed by atoms with Crippen LogP contribution in [-0.2, 0) is 65.4 Å². The molecule has 94 heavy (non-hydrogen) atoms. The van der Waals surface area contributed by atoms with E-state index in [0.29, 0.717) is 35.1 Å². The molecule has 13 heteroatoms. The minimum atomic E-state index is -0.984. The van der Waals surface area contributed by atoms with E-state index in [1.807, 2.05) is 103 Å². The molecule has 11 aromatic carbocycles. The number of amides is 1. The van der Waals surface area contributed by atoms with Gasteiger partial charge in [-0.15, -0.1) is 0 Å². The minimum Gasteiger partial charge on any atom is -0.478 e. The molecule has 4 N–H and O–H groups in total. The average molecular weight is 1250 g/mol. The van der Waals surface area contributed by atoms with Crippen LogP contribution < -0.4 is 5.32 Å². The summed E-state index contributed by atoms with van der Waals surface area (Å²) in [6.07, 6.45) is 0.672. The fourth-order valence-corrected chi connectivity index (χ4v) is 10.2. The van der Waals surface area contributed by atoms with Crippen molar-refractivity contribution in [2.45, 2.75) is 65.4 Å². The van der Waals surface area contributed by atoms with E-state index in [1.54, 1.807) is 24.3 Å². The number of carbonyl (C=O) groups excluding carboxylic acids is 2. The minimum absolute atomic E-state index is 0.0502. The molecule has 0 aromatic heterocycles. The summed E-state index contributed by atoms with van der Waals surface area (Å²) in [6.45, 7) is 8.00. The summed E-state index contributed by atoms with van der Waals surface area (Å²) in [5, 5.41) is 29.5. The van der Waals surface area contributed by atoms with Gasteiger partial charge in [0.2, 0.25) is 0 Å². The zero-order valence-corrected chi connectivity index (χ0v) is 52.4. The fourth-order valence-electron chi connectivity index (χ4n) is 10.2. The molecule has 0 atom stereocenters. The van der Waals surface area contributed by atoms with E-state index < -0.39 is 17.9 Å². The molecule has 0 aliphatic heterocycles. The van der Waals surface area contributed by atoms with Crippen LogP contribution in [0.2, 0.25) is 0 Å². The third-order valence-electron chi connectivity index (χ3n) is 14.9. The summed E-state index contributed by atoms with van der Waals surface area (Å²) in [5.41, 5.74) is 14.1. The SMILES string of the molecule is O=C(NCc1ccccc1)c1ccc(CN(Cc2ccccc2)Cc2ccccc2)cc1.O=C(O)c1ccc(CN(Cc2ccccc2)Cc2ccccc2)cc1.O=C(O)c1ccc(CN(Cc2ccccc2)Cc2ccccc2)cc1.O=Cc1ccc(C(=O)O)cc1.[3H][B]. The van der Waals surface area contributed by atoms with Crippen LogP contribution >= 0.6 is 0 Å². The lowest BCUT2D eigenvalue weighted by Crippen LogP contribution is -2.23. The number of aldehydes is 1.